The van der Waals surface area contributed by atoms with E-state index in [1.807, 2.05) is 12.5 Å². The SMILES string of the molecule is CSc1ncc2c(n1)CCN(Cc1c(-c3ccccc3)[nH]c3ccccc13)C2. The van der Waals surface area contributed by atoms with Crippen molar-refractivity contribution in [2.75, 3.05) is 12.8 Å². The fourth-order valence-electron chi connectivity index (χ4n) is 4.03. The van der Waals surface area contributed by atoms with Gasteiger partial charge in [-0.3, -0.25) is 4.90 Å². The Kier molecular flexibility index (Phi) is 4.63. The van der Waals surface area contributed by atoms with Crippen molar-refractivity contribution in [3.05, 3.63) is 77.6 Å². The normalized spacial score (nSPS) is 14.3. The molecule has 3 heterocycles. The molecule has 0 radical (unpaired) electrons. The number of nitrogens with one attached hydrogen (secondary N) is 1. The maximum absolute atomic E-state index is 4.70. The summed E-state index contributed by atoms with van der Waals surface area (Å²) in [5.41, 5.74) is 7.48. The maximum Gasteiger partial charge on any atom is 0.187 e. The molecule has 4 nitrogen and oxygen atoms in total. The molecule has 0 fully saturated rings. The number of thioether (sulfide) groups is 1. The molecule has 0 atom stereocenters. The lowest BCUT2D eigenvalue weighted by atomic mass is 10.0. The molecule has 1 N–H and O–H groups in total. The zero-order chi connectivity index (χ0) is 18.9. The van der Waals surface area contributed by atoms with Gasteiger partial charge in [0.25, 0.3) is 0 Å². The van der Waals surface area contributed by atoms with Gasteiger partial charge in [0.05, 0.1) is 11.4 Å². The maximum atomic E-state index is 4.70. The molecule has 2 aromatic carbocycles. The standard InChI is InChI=1S/C23H22N4S/c1-28-23-24-13-17-14-27(12-11-20(17)26-23)15-19-18-9-5-6-10-21(18)25-22(19)16-7-3-2-4-8-16/h2-10,13,25H,11-12,14-15H2,1H3. The molecule has 5 rings (SSSR count). The predicted molar refractivity (Wildman–Crippen MR) is 115 cm³/mol. The molecule has 2 aromatic heterocycles. The summed E-state index contributed by atoms with van der Waals surface area (Å²) in [6.45, 7) is 2.83. The van der Waals surface area contributed by atoms with E-state index in [-0.39, 0.29) is 0 Å². The molecule has 0 saturated heterocycles. The number of hydrogen-bond donors (Lipinski definition) is 1. The minimum absolute atomic E-state index is 0.871. The molecule has 0 spiro atoms. The lowest BCUT2D eigenvalue weighted by Gasteiger charge is -2.28. The molecule has 5 heteroatoms. The average Bonchev–Trinajstić information content (AvgIpc) is 3.12. The third kappa shape index (κ3) is 3.21. The zero-order valence-corrected chi connectivity index (χ0v) is 16.7. The topological polar surface area (TPSA) is 44.8 Å². The fourth-order valence-corrected chi connectivity index (χ4v) is 4.39. The van der Waals surface area contributed by atoms with Crippen LogP contribution in [0.15, 0.2) is 66.0 Å². The number of nitrogens with zero attached hydrogens (tertiary/aromatic N) is 3. The lowest BCUT2D eigenvalue weighted by Crippen LogP contribution is -2.31. The lowest BCUT2D eigenvalue weighted by molar-refractivity contribution is 0.243. The third-order valence-corrected chi connectivity index (χ3v) is 5.99. The Hall–Kier alpha value is -2.63. The van der Waals surface area contributed by atoms with Crippen LogP contribution in [0.4, 0.5) is 0 Å². The average molecular weight is 387 g/mol. The van der Waals surface area contributed by atoms with E-state index in [1.54, 1.807) is 11.8 Å². The van der Waals surface area contributed by atoms with Crippen LogP contribution >= 0.6 is 11.8 Å². The molecule has 4 aromatic rings. The summed E-state index contributed by atoms with van der Waals surface area (Å²) in [5, 5.41) is 2.18. The van der Waals surface area contributed by atoms with Crippen LogP contribution in [-0.2, 0) is 19.5 Å². The van der Waals surface area contributed by atoms with Crippen molar-refractivity contribution in [3.63, 3.8) is 0 Å². The van der Waals surface area contributed by atoms with Gasteiger partial charge in [-0.25, -0.2) is 9.97 Å². The van der Waals surface area contributed by atoms with Crippen LogP contribution in [0.1, 0.15) is 16.8 Å². The molecule has 1 aliphatic rings. The van der Waals surface area contributed by atoms with Crippen LogP contribution < -0.4 is 0 Å². The summed E-state index contributed by atoms with van der Waals surface area (Å²) in [5.74, 6) is 0. The van der Waals surface area contributed by atoms with E-state index in [4.69, 9.17) is 4.98 Å². The minimum Gasteiger partial charge on any atom is -0.354 e. The molecule has 28 heavy (non-hydrogen) atoms. The number of aromatic nitrogens is 3. The number of hydrogen-bond acceptors (Lipinski definition) is 4. The summed E-state index contributed by atoms with van der Waals surface area (Å²) < 4.78 is 0. The van der Waals surface area contributed by atoms with E-state index >= 15 is 0 Å². The van der Waals surface area contributed by atoms with Crippen molar-refractivity contribution in [2.45, 2.75) is 24.7 Å². The Bertz CT molecular complexity index is 1120. The van der Waals surface area contributed by atoms with E-state index in [0.717, 1.165) is 31.2 Å². The van der Waals surface area contributed by atoms with Crippen molar-refractivity contribution in [3.8, 4) is 11.3 Å². The molecular formula is C23H22N4S. The van der Waals surface area contributed by atoms with Gasteiger partial charge in [0.1, 0.15) is 0 Å². The number of rotatable bonds is 4. The Balaban J connectivity index is 1.50. The molecule has 0 amide bonds. The van der Waals surface area contributed by atoms with Crippen LogP contribution in [0, 0.1) is 0 Å². The second-order valence-electron chi connectivity index (χ2n) is 7.18. The van der Waals surface area contributed by atoms with Crippen molar-refractivity contribution in [1.29, 1.82) is 0 Å². The molecule has 0 bridgehead atoms. The Labute approximate surface area is 169 Å². The first-order chi connectivity index (χ1) is 13.8. The Morgan fingerprint density at radius 1 is 1.07 bits per heavy atom. The van der Waals surface area contributed by atoms with Gasteiger partial charge in [-0.2, -0.15) is 0 Å². The van der Waals surface area contributed by atoms with Crippen LogP contribution in [0.5, 0.6) is 0 Å². The second kappa shape index (κ2) is 7.41. The van der Waals surface area contributed by atoms with Crippen molar-refractivity contribution in [1.82, 2.24) is 19.9 Å². The molecule has 0 saturated carbocycles. The highest BCUT2D eigenvalue weighted by molar-refractivity contribution is 7.98. The van der Waals surface area contributed by atoms with Crippen molar-refractivity contribution >= 4 is 22.7 Å². The summed E-state index contributed by atoms with van der Waals surface area (Å²) in [6.07, 6.45) is 5.01. The fraction of sp³-hybridized carbons (Fsp3) is 0.217. The molecule has 140 valence electrons. The molecular weight excluding hydrogens is 364 g/mol. The van der Waals surface area contributed by atoms with Crippen molar-refractivity contribution < 1.29 is 0 Å². The molecule has 0 unspecified atom stereocenters. The van der Waals surface area contributed by atoms with E-state index in [2.05, 4.69) is 69.5 Å². The summed E-state index contributed by atoms with van der Waals surface area (Å²) in [6, 6.07) is 19.2. The first-order valence-corrected chi connectivity index (χ1v) is 10.8. The number of benzene rings is 2. The van der Waals surface area contributed by atoms with E-state index in [0.29, 0.717) is 0 Å². The van der Waals surface area contributed by atoms with E-state index in [9.17, 15) is 0 Å². The second-order valence-corrected chi connectivity index (χ2v) is 7.95. The van der Waals surface area contributed by atoms with Crippen molar-refractivity contribution in [2.24, 2.45) is 0 Å². The van der Waals surface area contributed by atoms with Gasteiger partial charge in [0.2, 0.25) is 0 Å². The van der Waals surface area contributed by atoms with Gasteiger partial charge >= 0.3 is 0 Å². The highest BCUT2D eigenvalue weighted by Crippen LogP contribution is 2.32. The van der Waals surface area contributed by atoms with Crippen LogP contribution in [0.25, 0.3) is 22.2 Å². The monoisotopic (exact) mass is 386 g/mol. The summed E-state index contributed by atoms with van der Waals surface area (Å²) in [4.78, 5) is 15.3. The largest absolute Gasteiger partial charge is 0.354 e. The smallest absolute Gasteiger partial charge is 0.187 e. The summed E-state index contributed by atoms with van der Waals surface area (Å²) in [7, 11) is 0. The van der Waals surface area contributed by atoms with Crippen LogP contribution in [-0.4, -0.2) is 32.7 Å². The highest BCUT2D eigenvalue weighted by Gasteiger charge is 2.21. The molecule has 1 aliphatic heterocycles. The number of aromatic amines is 1. The van der Waals surface area contributed by atoms with Gasteiger partial charge in [-0.05, 0) is 23.4 Å². The minimum atomic E-state index is 0.871. The Morgan fingerprint density at radius 3 is 2.75 bits per heavy atom. The predicted octanol–water partition coefficient (Wildman–Crippen LogP) is 4.91. The van der Waals surface area contributed by atoms with Gasteiger partial charge < -0.3 is 4.98 Å². The number of para-hydroxylation sites is 1. The van der Waals surface area contributed by atoms with E-state index < -0.39 is 0 Å². The Morgan fingerprint density at radius 2 is 1.89 bits per heavy atom. The van der Waals surface area contributed by atoms with Crippen LogP contribution in [0.2, 0.25) is 0 Å². The zero-order valence-electron chi connectivity index (χ0n) is 15.9. The first kappa shape index (κ1) is 17.5. The van der Waals surface area contributed by atoms with Gasteiger partial charge in [0.15, 0.2) is 5.16 Å². The number of H-pyrrole nitrogens is 1. The van der Waals surface area contributed by atoms with E-state index in [1.165, 1.54) is 39.0 Å². The van der Waals surface area contributed by atoms with Gasteiger partial charge in [0, 0.05) is 48.7 Å². The molecule has 0 aliphatic carbocycles. The third-order valence-electron chi connectivity index (χ3n) is 5.43. The first-order valence-electron chi connectivity index (χ1n) is 9.58. The van der Waals surface area contributed by atoms with Gasteiger partial charge in [-0.1, -0.05) is 60.3 Å². The number of fused-ring (bicyclic) bond motifs is 2. The van der Waals surface area contributed by atoms with Crippen LogP contribution in [0.3, 0.4) is 0 Å². The summed E-state index contributed by atoms with van der Waals surface area (Å²) >= 11 is 1.61. The highest BCUT2D eigenvalue weighted by atomic mass is 32.2. The van der Waals surface area contributed by atoms with Gasteiger partial charge in [-0.15, -0.1) is 0 Å². The quantitative estimate of drug-likeness (QED) is 0.400.